The number of rotatable bonds is 8. The summed E-state index contributed by atoms with van der Waals surface area (Å²) in [6.07, 6.45) is 1.54. The maximum atomic E-state index is 12.5. The minimum atomic E-state index is -0.0445. The van der Waals surface area contributed by atoms with E-state index in [1.54, 1.807) is 12.1 Å². The van der Waals surface area contributed by atoms with E-state index in [9.17, 15) is 4.79 Å². The van der Waals surface area contributed by atoms with Crippen molar-refractivity contribution in [3.8, 4) is 0 Å². The number of benzene rings is 1. The summed E-state index contributed by atoms with van der Waals surface area (Å²) in [6, 6.07) is 12.0. The molecule has 0 atom stereocenters. The summed E-state index contributed by atoms with van der Waals surface area (Å²) in [4.78, 5) is 24.0. The van der Waals surface area contributed by atoms with Crippen LogP contribution in [-0.4, -0.2) is 72.4 Å². The largest absolute Gasteiger partial charge is 0.459 e. The molecule has 1 saturated heterocycles. The molecule has 1 N–H and O–H groups in total. The van der Waals surface area contributed by atoms with E-state index in [-0.39, 0.29) is 29.9 Å². The highest BCUT2D eigenvalue weighted by molar-refractivity contribution is 14.0. The maximum Gasteiger partial charge on any atom is 0.289 e. The zero-order chi connectivity index (χ0) is 22.1. The molecule has 0 saturated carbocycles. The lowest BCUT2D eigenvalue weighted by atomic mass is 10.1. The van der Waals surface area contributed by atoms with Crippen molar-refractivity contribution in [3.05, 3.63) is 59.5 Å². The fourth-order valence-electron chi connectivity index (χ4n) is 3.82. The van der Waals surface area contributed by atoms with E-state index in [0.717, 1.165) is 45.2 Å². The molecule has 0 bridgehead atoms. The van der Waals surface area contributed by atoms with E-state index in [1.165, 1.54) is 17.4 Å². The number of nitrogens with zero attached hydrogens (tertiary/aromatic N) is 4. The van der Waals surface area contributed by atoms with Crippen molar-refractivity contribution in [1.29, 1.82) is 0 Å². The molecule has 0 aliphatic carbocycles. The summed E-state index contributed by atoms with van der Waals surface area (Å²) in [7, 11) is 0. The molecule has 0 radical (unpaired) electrons. The molecule has 1 fully saturated rings. The van der Waals surface area contributed by atoms with Crippen LogP contribution in [0, 0.1) is 0 Å². The summed E-state index contributed by atoms with van der Waals surface area (Å²) in [5, 5.41) is 3.42. The van der Waals surface area contributed by atoms with Crippen molar-refractivity contribution in [2.75, 3.05) is 45.8 Å². The highest BCUT2D eigenvalue weighted by Crippen LogP contribution is 2.14. The van der Waals surface area contributed by atoms with Crippen LogP contribution in [0.2, 0.25) is 0 Å². The summed E-state index contributed by atoms with van der Waals surface area (Å²) < 4.78 is 5.26. The number of carbonyl (C=O) groups is 1. The van der Waals surface area contributed by atoms with Crippen molar-refractivity contribution in [2.45, 2.75) is 33.9 Å². The molecule has 7 nitrogen and oxygen atoms in total. The average Bonchev–Trinajstić information content (AvgIpc) is 3.35. The first kappa shape index (κ1) is 26.2. The van der Waals surface area contributed by atoms with Gasteiger partial charge in [-0.1, -0.05) is 38.1 Å². The quantitative estimate of drug-likeness (QED) is 0.307. The van der Waals surface area contributed by atoms with Gasteiger partial charge in [0.15, 0.2) is 11.7 Å². The number of carbonyl (C=O) groups excluding carboxylic acids is 1. The summed E-state index contributed by atoms with van der Waals surface area (Å²) in [6.45, 7) is 13.8. The number of halogens is 1. The fourth-order valence-corrected chi connectivity index (χ4v) is 3.82. The van der Waals surface area contributed by atoms with Gasteiger partial charge in [-0.15, -0.1) is 24.0 Å². The SMILES string of the molecule is CCNC(=NCc1ccccc1CN(CC)CC)N1CCN(C(=O)c2ccco2)CC1.I. The lowest BCUT2D eigenvalue weighted by molar-refractivity contribution is 0.0657. The second kappa shape index (κ2) is 13.5. The van der Waals surface area contributed by atoms with Crippen LogP contribution in [0.15, 0.2) is 52.1 Å². The van der Waals surface area contributed by atoms with Crippen LogP contribution in [0.3, 0.4) is 0 Å². The highest BCUT2D eigenvalue weighted by Gasteiger charge is 2.25. The first-order chi connectivity index (χ1) is 15.2. The molecule has 1 aliphatic heterocycles. The second-order valence-electron chi connectivity index (χ2n) is 7.66. The van der Waals surface area contributed by atoms with Crippen LogP contribution in [-0.2, 0) is 13.1 Å². The fraction of sp³-hybridized carbons (Fsp3) is 0.500. The van der Waals surface area contributed by atoms with E-state index in [4.69, 9.17) is 9.41 Å². The average molecular weight is 553 g/mol. The molecule has 8 heteroatoms. The first-order valence-corrected chi connectivity index (χ1v) is 11.3. The maximum absolute atomic E-state index is 12.5. The minimum absolute atomic E-state index is 0. The number of hydrogen-bond donors (Lipinski definition) is 1. The molecule has 176 valence electrons. The molecule has 1 aromatic heterocycles. The number of aliphatic imine (C=N–C) groups is 1. The normalized spacial score (nSPS) is 14.4. The van der Waals surface area contributed by atoms with E-state index in [0.29, 0.717) is 25.4 Å². The molecule has 1 aliphatic rings. The van der Waals surface area contributed by atoms with E-state index in [2.05, 4.69) is 60.2 Å². The Balaban J connectivity index is 0.00000363. The number of nitrogens with one attached hydrogen (secondary N) is 1. The van der Waals surface area contributed by atoms with Crippen molar-refractivity contribution >= 4 is 35.8 Å². The van der Waals surface area contributed by atoms with Crippen LogP contribution in [0.5, 0.6) is 0 Å². The van der Waals surface area contributed by atoms with Crippen molar-refractivity contribution in [2.24, 2.45) is 4.99 Å². The standard InChI is InChI=1S/C24H35N5O2.HI/c1-4-25-24(26-18-20-10-7-8-11-21(20)19-27(5-2)6-3)29-15-13-28(14-16-29)23(30)22-12-9-17-31-22;/h7-12,17H,4-6,13-16,18-19H2,1-3H3,(H,25,26);1H. The Morgan fingerprint density at radius 3 is 2.25 bits per heavy atom. The predicted octanol–water partition coefficient (Wildman–Crippen LogP) is 3.66. The minimum Gasteiger partial charge on any atom is -0.459 e. The third-order valence-corrected chi connectivity index (χ3v) is 5.74. The number of piperazine rings is 1. The van der Waals surface area contributed by atoms with Crippen LogP contribution in [0.4, 0.5) is 0 Å². The Morgan fingerprint density at radius 1 is 1.00 bits per heavy atom. The van der Waals surface area contributed by atoms with Gasteiger partial charge in [-0.2, -0.15) is 0 Å². The molecular formula is C24H36IN5O2. The van der Waals surface area contributed by atoms with Crippen LogP contribution in [0.1, 0.15) is 42.5 Å². The summed E-state index contributed by atoms with van der Waals surface area (Å²) in [5.74, 6) is 1.26. The van der Waals surface area contributed by atoms with Crippen molar-refractivity contribution in [3.63, 3.8) is 0 Å². The van der Waals surface area contributed by atoms with Gasteiger partial charge < -0.3 is 19.5 Å². The van der Waals surface area contributed by atoms with E-state index < -0.39 is 0 Å². The van der Waals surface area contributed by atoms with E-state index in [1.807, 2.05) is 4.90 Å². The number of furan rings is 1. The van der Waals surface area contributed by atoms with Gasteiger partial charge >= 0.3 is 0 Å². The Labute approximate surface area is 208 Å². The van der Waals surface area contributed by atoms with Crippen LogP contribution < -0.4 is 5.32 Å². The van der Waals surface area contributed by atoms with Crippen LogP contribution >= 0.6 is 24.0 Å². The van der Waals surface area contributed by atoms with Gasteiger partial charge in [-0.25, -0.2) is 4.99 Å². The Hall–Kier alpha value is -2.07. The van der Waals surface area contributed by atoms with Crippen LogP contribution in [0.25, 0.3) is 0 Å². The lowest BCUT2D eigenvalue weighted by Gasteiger charge is -2.36. The van der Waals surface area contributed by atoms with Gasteiger partial charge in [0.2, 0.25) is 0 Å². The molecule has 32 heavy (non-hydrogen) atoms. The molecular weight excluding hydrogens is 517 g/mol. The molecule has 2 aromatic rings. The molecule has 3 rings (SSSR count). The molecule has 0 unspecified atom stereocenters. The predicted molar refractivity (Wildman–Crippen MR) is 139 cm³/mol. The topological polar surface area (TPSA) is 64.3 Å². The Kier molecular flexibility index (Phi) is 11.0. The second-order valence-corrected chi connectivity index (χ2v) is 7.66. The Bertz CT molecular complexity index is 844. The lowest BCUT2D eigenvalue weighted by Crippen LogP contribution is -2.53. The highest BCUT2D eigenvalue weighted by atomic mass is 127. The van der Waals surface area contributed by atoms with Crippen molar-refractivity contribution in [1.82, 2.24) is 20.0 Å². The Morgan fingerprint density at radius 2 is 1.66 bits per heavy atom. The third-order valence-electron chi connectivity index (χ3n) is 5.74. The monoisotopic (exact) mass is 553 g/mol. The zero-order valence-electron chi connectivity index (χ0n) is 19.4. The number of guanidine groups is 1. The number of amides is 1. The van der Waals surface area contributed by atoms with Gasteiger partial charge in [-0.3, -0.25) is 9.69 Å². The van der Waals surface area contributed by atoms with Crippen molar-refractivity contribution < 1.29 is 9.21 Å². The van der Waals surface area contributed by atoms with E-state index >= 15 is 0 Å². The smallest absolute Gasteiger partial charge is 0.289 e. The summed E-state index contributed by atoms with van der Waals surface area (Å²) >= 11 is 0. The molecule has 1 amide bonds. The van der Waals surface area contributed by atoms with Gasteiger partial charge in [0.1, 0.15) is 0 Å². The van der Waals surface area contributed by atoms with Gasteiger partial charge in [-0.05, 0) is 43.3 Å². The molecule has 0 spiro atoms. The molecule has 1 aromatic carbocycles. The van der Waals surface area contributed by atoms with Gasteiger partial charge in [0.05, 0.1) is 12.8 Å². The van der Waals surface area contributed by atoms with Gasteiger partial charge in [0.25, 0.3) is 5.91 Å². The zero-order valence-corrected chi connectivity index (χ0v) is 21.7. The first-order valence-electron chi connectivity index (χ1n) is 11.3. The number of hydrogen-bond acceptors (Lipinski definition) is 4. The van der Waals surface area contributed by atoms with Gasteiger partial charge in [0, 0.05) is 39.3 Å². The molecule has 2 heterocycles. The third kappa shape index (κ3) is 6.96. The summed E-state index contributed by atoms with van der Waals surface area (Å²) in [5.41, 5.74) is 2.59.